The maximum Gasteiger partial charge on any atom is 0.280 e. The molecule has 0 aliphatic carbocycles. The Morgan fingerprint density at radius 1 is 1.39 bits per heavy atom. The average Bonchev–Trinajstić information content (AvgIpc) is 3.10. The van der Waals surface area contributed by atoms with E-state index in [0.717, 1.165) is 0 Å². The predicted octanol–water partition coefficient (Wildman–Crippen LogP) is 0.547. The molecule has 8 heteroatoms. The number of hydrogen-bond acceptors (Lipinski definition) is 7. The SMILES string of the molecule is NCCn1cc(-c2nc(-c3ccco3)no2)nn1. The van der Waals surface area contributed by atoms with Crippen LogP contribution in [0, 0.1) is 0 Å². The van der Waals surface area contributed by atoms with E-state index in [1.807, 2.05) is 0 Å². The topological polar surface area (TPSA) is 109 Å². The zero-order chi connectivity index (χ0) is 12.4. The van der Waals surface area contributed by atoms with Crippen molar-refractivity contribution in [1.29, 1.82) is 0 Å². The minimum Gasteiger partial charge on any atom is -0.461 e. The number of nitrogens with zero attached hydrogens (tertiary/aromatic N) is 5. The van der Waals surface area contributed by atoms with Crippen molar-refractivity contribution in [1.82, 2.24) is 25.1 Å². The molecule has 18 heavy (non-hydrogen) atoms. The van der Waals surface area contributed by atoms with Crippen LogP contribution >= 0.6 is 0 Å². The lowest BCUT2D eigenvalue weighted by atomic mass is 10.4. The Kier molecular flexibility index (Phi) is 2.61. The van der Waals surface area contributed by atoms with Gasteiger partial charge >= 0.3 is 0 Å². The van der Waals surface area contributed by atoms with Crippen LogP contribution in [-0.2, 0) is 6.54 Å². The molecule has 0 saturated heterocycles. The Morgan fingerprint density at radius 3 is 3.11 bits per heavy atom. The number of nitrogens with two attached hydrogens (primary N) is 1. The van der Waals surface area contributed by atoms with E-state index in [1.54, 1.807) is 29.3 Å². The van der Waals surface area contributed by atoms with Crippen LogP contribution < -0.4 is 5.73 Å². The first-order valence-corrected chi connectivity index (χ1v) is 5.35. The summed E-state index contributed by atoms with van der Waals surface area (Å²) < 4.78 is 11.9. The van der Waals surface area contributed by atoms with E-state index in [4.69, 9.17) is 14.7 Å². The molecule has 0 fully saturated rings. The molecule has 3 heterocycles. The molecule has 0 amide bonds. The molecular weight excluding hydrogens is 236 g/mol. The van der Waals surface area contributed by atoms with Crippen molar-refractivity contribution in [3.8, 4) is 23.2 Å². The van der Waals surface area contributed by atoms with E-state index in [9.17, 15) is 0 Å². The minimum absolute atomic E-state index is 0.296. The second-order valence-corrected chi connectivity index (χ2v) is 3.56. The number of aromatic nitrogens is 5. The van der Waals surface area contributed by atoms with Crippen LogP contribution in [0.4, 0.5) is 0 Å². The van der Waals surface area contributed by atoms with E-state index in [0.29, 0.717) is 36.3 Å². The molecule has 0 spiro atoms. The molecule has 0 aliphatic rings. The van der Waals surface area contributed by atoms with Crippen molar-refractivity contribution >= 4 is 0 Å². The maximum absolute atomic E-state index is 5.42. The fourth-order valence-corrected chi connectivity index (χ4v) is 1.47. The highest BCUT2D eigenvalue weighted by atomic mass is 16.5. The molecule has 0 aromatic carbocycles. The van der Waals surface area contributed by atoms with Gasteiger partial charge in [0.1, 0.15) is 0 Å². The lowest BCUT2D eigenvalue weighted by Crippen LogP contribution is -2.10. The fraction of sp³-hybridized carbons (Fsp3) is 0.200. The van der Waals surface area contributed by atoms with E-state index < -0.39 is 0 Å². The van der Waals surface area contributed by atoms with Crippen LogP contribution in [0.1, 0.15) is 0 Å². The van der Waals surface area contributed by atoms with Crippen LogP contribution in [0.2, 0.25) is 0 Å². The van der Waals surface area contributed by atoms with Gasteiger partial charge in [-0.1, -0.05) is 10.4 Å². The van der Waals surface area contributed by atoms with Gasteiger partial charge in [-0.3, -0.25) is 4.68 Å². The molecule has 0 radical (unpaired) electrons. The number of hydrogen-bond donors (Lipinski definition) is 1. The third-order valence-electron chi connectivity index (χ3n) is 2.28. The van der Waals surface area contributed by atoms with Crippen LogP contribution in [0.5, 0.6) is 0 Å². The maximum atomic E-state index is 5.42. The van der Waals surface area contributed by atoms with E-state index >= 15 is 0 Å². The predicted molar refractivity (Wildman–Crippen MR) is 60.1 cm³/mol. The lowest BCUT2D eigenvalue weighted by molar-refractivity contribution is 0.428. The summed E-state index contributed by atoms with van der Waals surface area (Å²) in [6.07, 6.45) is 3.25. The molecule has 0 aliphatic heterocycles. The van der Waals surface area contributed by atoms with Crippen LogP contribution in [0.15, 0.2) is 33.5 Å². The van der Waals surface area contributed by atoms with Gasteiger partial charge in [-0.05, 0) is 12.1 Å². The highest BCUT2D eigenvalue weighted by molar-refractivity contribution is 5.51. The van der Waals surface area contributed by atoms with Gasteiger partial charge in [-0.2, -0.15) is 4.98 Å². The van der Waals surface area contributed by atoms with Crippen molar-refractivity contribution in [3.05, 3.63) is 24.6 Å². The monoisotopic (exact) mass is 246 g/mol. The minimum atomic E-state index is 0.296. The summed E-state index contributed by atoms with van der Waals surface area (Å²) in [5.41, 5.74) is 5.93. The molecule has 3 rings (SSSR count). The zero-order valence-electron chi connectivity index (χ0n) is 9.35. The summed E-state index contributed by atoms with van der Waals surface area (Å²) in [4.78, 5) is 4.18. The molecule has 0 bridgehead atoms. The molecule has 3 aromatic rings. The third-order valence-corrected chi connectivity index (χ3v) is 2.28. The van der Waals surface area contributed by atoms with Gasteiger partial charge in [0.25, 0.3) is 5.89 Å². The van der Waals surface area contributed by atoms with Crippen molar-refractivity contribution in [2.75, 3.05) is 6.54 Å². The largest absolute Gasteiger partial charge is 0.461 e. The normalized spacial score (nSPS) is 10.9. The van der Waals surface area contributed by atoms with Crippen molar-refractivity contribution in [3.63, 3.8) is 0 Å². The highest BCUT2D eigenvalue weighted by Gasteiger charge is 2.15. The Hall–Kier alpha value is -2.48. The summed E-state index contributed by atoms with van der Waals surface area (Å²) in [7, 11) is 0. The number of rotatable bonds is 4. The first-order chi connectivity index (χ1) is 8.86. The first-order valence-electron chi connectivity index (χ1n) is 5.35. The summed E-state index contributed by atoms with van der Waals surface area (Å²) in [5.74, 6) is 1.22. The van der Waals surface area contributed by atoms with Gasteiger partial charge in [-0.15, -0.1) is 5.10 Å². The second-order valence-electron chi connectivity index (χ2n) is 3.56. The molecule has 8 nitrogen and oxygen atoms in total. The first kappa shape index (κ1) is 10.7. The van der Waals surface area contributed by atoms with Crippen LogP contribution in [0.3, 0.4) is 0 Å². The summed E-state index contributed by atoms with van der Waals surface area (Å²) >= 11 is 0. The lowest BCUT2D eigenvalue weighted by Gasteiger charge is -1.91. The number of furan rings is 1. The Morgan fingerprint density at radius 2 is 2.33 bits per heavy atom. The molecule has 92 valence electrons. The van der Waals surface area contributed by atoms with Crippen molar-refractivity contribution in [2.45, 2.75) is 6.54 Å². The van der Waals surface area contributed by atoms with Gasteiger partial charge in [0.15, 0.2) is 11.5 Å². The third kappa shape index (κ3) is 1.89. The highest BCUT2D eigenvalue weighted by Crippen LogP contribution is 2.20. The van der Waals surface area contributed by atoms with Gasteiger partial charge in [-0.25, -0.2) is 0 Å². The van der Waals surface area contributed by atoms with E-state index in [-0.39, 0.29) is 0 Å². The van der Waals surface area contributed by atoms with E-state index in [1.165, 1.54) is 0 Å². The average molecular weight is 246 g/mol. The molecular formula is C10H10N6O2. The van der Waals surface area contributed by atoms with Crippen molar-refractivity contribution < 1.29 is 8.94 Å². The van der Waals surface area contributed by atoms with Crippen LogP contribution in [0.25, 0.3) is 23.2 Å². The quantitative estimate of drug-likeness (QED) is 0.715. The van der Waals surface area contributed by atoms with Crippen LogP contribution in [-0.4, -0.2) is 31.7 Å². The van der Waals surface area contributed by atoms with Gasteiger partial charge in [0.05, 0.1) is 19.0 Å². The summed E-state index contributed by atoms with van der Waals surface area (Å²) in [6, 6.07) is 3.50. The Bertz CT molecular complexity index is 626. The van der Waals surface area contributed by atoms with Gasteiger partial charge < -0.3 is 14.7 Å². The Balaban J connectivity index is 1.88. The molecule has 0 unspecified atom stereocenters. The molecule has 0 saturated carbocycles. The smallest absolute Gasteiger partial charge is 0.280 e. The molecule has 3 aromatic heterocycles. The van der Waals surface area contributed by atoms with Gasteiger partial charge in [0.2, 0.25) is 5.82 Å². The standard InChI is InChI=1S/C10H10N6O2/c11-3-4-16-6-7(13-15-16)10-12-9(14-18-10)8-2-1-5-17-8/h1-2,5-6H,3-4,11H2. The fourth-order valence-electron chi connectivity index (χ4n) is 1.47. The molecule has 0 atom stereocenters. The Labute approximate surface area is 101 Å². The van der Waals surface area contributed by atoms with Crippen molar-refractivity contribution in [2.24, 2.45) is 5.73 Å². The molecule has 2 N–H and O–H groups in total. The van der Waals surface area contributed by atoms with Gasteiger partial charge in [0, 0.05) is 6.54 Å². The summed E-state index contributed by atoms with van der Waals surface area (Å²) in [5, 5.41) is 11.6. The zero-order valence-corrected chi connectivity index (χ0v) is 9.35. The van der Waals surface area contributed by atoms with E-state index in [2.05, 4.69) is 20.5 Å². The summed E-state index contributed by atoms with van der Waals surface area (Å²) in [6.45, 7) is 1.08. The second kappa shape index (κ2) is 4.41.